The molecule has 1 aromatic carbocycles. The van der Waals surface area contributed by atoms with Crippen LogP contribution < -0.4 is 5.32 Å². The highest BCUT2D eigenvalue weighted by Crippen LogP contribution is 2.34. The van der Waals surface area contributed by atoms with Crippen LogP contribution in [0.25, 0.3) is 0 Å². The molecule has 7 heteroatoms. The molecule has 2 rings (SSSR count). The SMILES string of the molecule is CCNC(=NCCS(=O)(=O)CC)N1CCC(c2ccccc2)C(CC)C1.I. The number of likely N-dealkylation sites (tertiary alicyclic amines) is 1. The molecule has 1 aromatic rings. The lowest BCUT2D eigenvalue weighted by molar-refractivity contribution is 0.215. The zero-order chi connectivity index (χ0) is 19.0. The molecule has 5 nitrogen and oxygen atoms in total. The first-order valence-corrected chi connectivity index (χ1v) is 11.6. The highest BCUT2D eigenvalue weighted by atomic mass is 127. The van der Waals surface area contributed by atoms with Gasteiger partial charge in [0, 0.05) is 25.4 Å². The predicted octanol–water partition coefficient (Wildman–Crippen LogP) is 3.52. The molecule has 2 atom stereocenters. The highest BCUT2D eigenvalue weighted by molar-refractivity contribution is 14.0. The Morgan fingerprint density at radius 3 is 2.52 bits per heavy atom. The molecule has 1 saturated heterocycles. The van der Waals surface area contributed by atoms with Gasteiger partial charge < -0.3 is 10.2 Å². The summed E-state index contributed by atoms with van der Waals surface area (Å²) in [7, 11) is -2.97. The van der Waals surface area contributed by atoms with Crippen molar-refractivity contribution < 1.29 is 8.42 Å². The Labute approximate surface area is 182 Å². The fraction of sp³-hybridized carbons (Fsp3) is 0.650. The number of nitrogens with one attached hydrogen (secondary N) is 1. The van der Waals surface area contributed by atoms with Gasteiger partial charge in [0.25, 0.3) is 0 Å². The van der Waals surface area contributed by atoms with Gasteiger partial charge in [-0.05, 0) is 30.7 Å². The van der Waals surface area contributed by atoms with Crippen molar-refractivity contribution in [2.24, 2.45) is 10.9 Å². The summed E-state index contributed by atoms with van der Waals surface area (Å²) < 4.78 is 23.4. The zero-order valence-electron chi connectivity index (χ0n) is 16.7. The summed E-state index contributed by atoms with van der Waals surface area (Å²) in [6.45, 7) is 9.01. The molecule has 0 amide bonds. The molecule has 1 N–H and O–H groups in total. The quantitative estimate of drug-likeness (QED) is 0.349. The Hall–Kier alpha value is -0.830. The number of hydrogen-bond donors (Lipinski definition) is 1. The smallest absolute Gasteiger partial charge is 0.193 e. The van der Waals surface area contributed by atoms with Crippen molar-refractivity contribution in [1.29, 1.82) is 0 Å². The van der Waals surface area contributed by atoms with Crippen molar-refractivity contribution >= 4 is 39.8 Å². The molecular weight excluding hydrogens is 473 g/mol. The van der Waals surface area contributed by atoms with Gasteiger partial charge in [0.1, 0.15) is 0 Å². The van der Waals surface area contributed by atoms with Crippen molar-refractivity contribution in [3.8, 4) is 0 Å². The summed E-state index contributed by atoms with van der Waals surface area (Å²) in [6.07, 6.45) is 2.22. The molecule has 2 unspecified atom stereocenters. The van der Waals surface area contributed by atoms with Gasteiger partial charge in [0.15, 0.2) is 15.8 Å². The Balaban J connectivity index is 0.00000364. The van der Waals surface area contributed by atoms with E-state index in [2.05, 4.69) is 52.5 Å². The predicted molar refractivity (Wildman–Crippen MR) is 125 cm³/mol. The minimum atomic E-state index is -2.97. The van der Waals surface area contributed by atoms with E-state index in [0.29, 0.717) is 18.4 Å². The molecule has 0 saturated carbocycles. The van der Waals surface area contributed by atoms with E-state index in [1.807, 2.05) is 6.92 Å². The molecule has 0 aliphatic carbocycles. The van der Waals surface area contributed by atoms with Crippen LogP contribution in [0.15, 0.2) is 35.3 Å². The van der Waals surface area contributed by atoms with Crippen LogP contribution in [0.3, 0.4) is 0 Å². The maximum atomic E-state index is 11.7. The summed E-state index contributed by atoms with van der Waals surface area (Å²) in [5.74, 6) is 2.31. The van der Waals surface area contributed by atoms with E-state index in [4.69, 9.17) is 0 Å². The van der Waals surface area contributed by atoms with Crippen LogP contribution in [0.1, 0.15) is 45.1 Å². The van der Waals surface area contributed by atoms with Crippen molar-refractivity contribution in [3.63, 3.8) is 0 Å². The standard InChI is InChI=1S/C20H33N3O2S.HI/c1-4-17-16-23(14-12-19(17)18-10-8-7-9-11-18)20(21-5-2)22-13-15-26(24,25)6-3;/h7-11,17,19H,4-6,12-16H2,1-3H3,(H,21,22);1H. The van der Waals surface area contributed by atoms with E-state index in [1.54, 1.807) is 6.92 Å². The van der Waals surface area contributed by atoms with E-state index in [1.165, 1.54) is 5.56 Å². The second-order valence-electron chi connectivity index (χ2n) is 6.89. The third-order valence-electron chi connectivity index (χ3n) is 5.22. The van der Waals surface area contributed by atoms with Crippen molar-refractivity contribution in [2.75, 3.05) is 37.7 Å². The molecule has 1 aliphatic heterocycles. The van der Waals surface area contributed by atoms with Gasteiger partial charge in [0.05, 0.1) is 12.3 Å². The molecule has 0 radical (unpaired) electrons. The average molecular weight is 507 g/mol. The number of rotatable bonds is 7. The third-order valence-corrected chi connectivity index (χ3v) is 6.91. The zero-order valence-corrected chi connectivity index (χ0v) is 19.9. The summed E-state index contributed by atoms with van der Waals surface area (Å²) in [5.41, 5.74) is 1.43. The number of hydrogen-bond acceptors (Lipinski definition) is 3. The van der Waals surface area contributed by atoms with Crippen LogP contribution >= 0.6 is 24.0 Å². The van der Waals surface area contributed by atoms with Crippen molar-refractivity contribution in [1.82, 2.24) is 10.2 Å². The Morgan fingerprint density at radius 1 is 1.22 bits per heavy atom. The van der Waals surface area contributed by atoms with Gasteiger partial charge in [0.2, 0.25) is 0 Å². The molecule has 1 fully saturated rings. The molecular formula is C20H34IN3O2S. The molecule has 1 aliphatic rings. The van der Waals surface area contributed by atoms with Crippen LogP contribution in [-0.4, -0.2) is 57.0 Å². The Kier molecular flexibility index (Phi) is 10.7. The topological polar surface area (TPSA) is 61.8 Å². The summed E-state index contributed by atoms with van der Waals surface area (Å²) in [6, 6.07) is 10.8. The third kappa shape index (κ3) is 7.25. The van der Waals surface area contributed by atoms with Crippen LogP contribution in [-0.2, 0) is 9.84 Å². The lowest BCUT2D eigenvalue weighted by Gasteiger charge is -2.40. The fourth-order valence-electron chi connectivity index (χ4n) is 3.64. The molecule has 154 valence electrons. The van der Waals surface area contributed by atoms with Gasteiger partial charge in [-0.1, -0.05) is 50.6 Å². The van der Waals surface area contributed by atoms with E-state index in [0.717, 1.165) is 38.4 Å². The number of halogens is 1. The van der Waals surface area contributed by atoms with Gasteiger partial charge in [-0.15, -0.1) is 24.0 Å². The molecule has 0 bridgehead atoms. The monoisotopic (exact) mass is 507 g/mol. The number of aliphatic imine (C=N–C) groups is 1. The van der Waals surface area contributed by atoms with Gasteiger partial charge >= 0.3 is 0 Å². The van der Waals surface area contributed by atoms with Crippen LogP contribution in [0, 0.1) is 5.92 Å². The minimum absolute atomic E-state index is 0. The summed E-state index contributed by atoms with van der Waals surface area (Å²) in [5, 5.41) is 3.34. The minimum Gasteiger partial charge on any atom is -0.357 e. The first-order valence-electron chi connectivity index (χ1n) is 9.79. The van der Waals surface area contributed by atoms with Crippen molar-refractivity contribution in [2.45, 2.75) is 39.5 Å². The van der Waals surface area contributed by atoms with Crippen LogP contribution in [0.5, 0.6) is 0 Å². The second kappa shape index (κ2) is 11.9. The normalized spacial score (nSPS) is 20.9. The van der Waals surface area contributed by atoms with Gasteiger partial charge in [-0.3, -0.25) is 4.99 Å². The second-order valence-corrected chi connectivity index (χ2v) is 9.36. The number of guanidine groups is 1. The Bertz CT molecular complexity index is 680. The van der Waals surface area contributed by atoms with E-state index in [-0.39, 0.29) is 35.5 Å². The van der Waals surface area contributed by atoms with Crippen molar-refractivity contribution in [3.05, 3.63) is 35.9 Å². The largest absolute Gasteiger partial charge is 0.357 e. The summed E-state index contributed by atoms with van der Waals surface area (Å²) in [4.78, 5) is 6.89. The number of benzene rings is 1. The fourth-order valence-corrected chi connectivity index (χ4v) is 4.30. The first-order chi connectivity index (χ1) is 12.5. The molecule has 1 heterocycles. The summed E-state index contributed by atoms with van der Waals surface area (Å²) >= 11 is 0. The Morgan fingerprint density at radius 2 is 1.93 bits per heavy atom. The molecule has 0 spiro atoms. The van der Waals surface area contributed by atoms with Crippen LogP contribution in [0.4, 0.5) is 0 Å². The lowest BCUT2D eigenvalue weighted by atomic mass is 9.79. The number of piperidine rings is 1. The van der Waals surface area contributed by atoms with E-state index >= 15 is 0 Å². The molecule has 0 aromatic heterocycles. The first kappa shape index (κ1) is 24.2. The lowest BCUT2D eigenvalue weighted by Crippen LogP contribution is -2.48. The maximum absolute atomic E-state index is 11.7. The number of nitrogens with zero attached hydrogens (tertiary/aromatic N) is 2. The highest BCUT2D eigenvalue weighted by Gasteiger charge is 2.30. The van der Waals surface area contributed by atoms with E-state index in [9.17, 15) is 8.42 Å². The van der Waals surface area contributed by atoms with Gasteiger partial charge in [-0.25, -0.2) is 8.42 Å². The van der Waals surface area contributed by atoms with Gasteiger partial charge in [-0.2, -0.15) is 0 Å². The van der Waals surface area contributed by atoms with E-state index < -0.39 is 9.84 Å². The average Bonchev–Trinajstić information content (AvgIpc) is 2.67. The maximum Gasteiger partial charge on any atom is 0.193 e. The number of sulfone groups is 1. The molecule has 27 heavy (non-hydrogen) atoms. The van der Waals surface area contributed by atoms with Crippen LogP contribution in [0.2, 0.25) is 0 Å².